The second-order valence-electron chi connectivity index (χ2n) is 7.64. The van der Waals surface area contributed by atoms with Crippen LogP contribution in [0.5, 0.6) is 0 Å². The molecule has 0 unspecified atom stereocenters. The molecule has 120 valence electrons. The molecule has 0 amide bonds. The molecule has 1 aliphatic rings. The first-order chi connectivity index (χ1) is 9.45. The molecule has 1 fully saturated rings. The van der Waals surface area contributed by atoms with Gasteiger partial charge < -0.3 is 10.1 Å². The molecule has 1 rings (SSSR count). The van der Waals surface area contributed by atoms with Gasteiger partial charge in [-0.1, -0.05) is 41.0 Å². The Kier molecular flexibility index (Phi) is 8.13. The first-order valence-corrected chi connectivity index (χ1v) is 8.76. The first-order valence-electron chi connectivity index (χ1n) is 8.76. The van der Waals surface area contributed by atoms with Crippen LogP contribution < -0.4 is 5.32 Å². The Morgan fingerprint density at radius 1 is 1.10 bits per heavy atom. The lowest BCUT2D eigenvalue weighted by molar-refractivity contribution is 0.112. The van der Waals surface area contributed by atoms with Crippen LogP contribution in [-0.2, 0) is 4.74 Å². The van der Waals surface area contributed by atoms with E-state index in [9.17, 15) is 0 Å². The standard InChI is InChI=1S/C18H37NO/c1-6-18(4,5)16-7-9-17(10-8-16)19-12-14-20-13-11-15(2)3/h15-17,19H,6-14H2,1-5H3. The van der Waals surface area contributed by atoms with Crippen LogP contribution in [0.1, 0.15) is 73.1 Å². The summed E-state index contributed by atoms with van der Waals surface area (Å²) in [6, 6.07) is 0.729. The van der Waals surface area contributed by atoms with Crippen molar-refractivity contribution in [1.82, 2.24) is 5.32 Å². The molecule has 2 nitrogen and oxygen atoms in total. The quantitative estimate of drug-likeness (QED) is 0.623. The predicted molar refractivity (Wildman–Crippen MR) is 88.1 cm³/mol. The van der Waals surface area contributed by atoms with Crippen molar-refractivity contribution in [1.29, 1.82) is 0 Å². The fourth-order valence-corrected chi connectivity index (χ4v) is 3.12. The molecule has 0 spiro atoms. The SMILES string of the molecule is CCC(C)(C)C1CCC(NCCOCCC(C)C)CC1. The van der Waals surface area contributed by atoms with E-state index in [0.29, 0.717) is 5.41 Å². The van der Waals surface area contributed by atoms with Crippen LogP contribution in [0.3, 0.4) is 0 Å². The zero-order valence-corrected chi connectivity index (χ0v) is 14.5. The van der Waals surface area contributed by atoms with Gasteiger partial charge in [-0.05, 0) is 49.4 Å². The third kappa shape index (κ3) is 6.58. The van der Waals surface area contributed by atoms with Crippen molar-refractivity contribution in [3.05, 3.63) is 0 Å². The van der Waals surface area contributed by atoms with Crippen LogP contribution in [0.2, 0.25) is 0 Å². The van der Waals surface area contributed by atoms with E-state index in [2.05, 4.69) is 39.9 Å². The molecule has 0 atom stereocenters. The van der Waals surface area contributed by atoms with Gasteiger partial charge in [-0.15, -0.1) is 0 Å². The second kappa shape index (κ2) is 9.04. The monoisotopic (exact) mass is 283 g/mol. The summed E-state index contributed by atoms with van der Waals surface area (Å²) in [7, 11) is 0. The lowest BCUT2D eigenvalue weighted by atomic mass is 9.69. The summed E-state index contributed by atoms with van der Waals surface area (Å²) in [5, 5.41) is 3.67. The molecule has 0 radical (unpaired) electrons. The normalized spacial score (nSPS) is 24.3. The maximum absolute atomic E-state index is 5.67. The highest BCUT2D eigenvalue weighted by Gasteiger charge is 2.31. The van der Waals surface area contributed by atoms with Crippen LogP contribution in [0, 0.1) is 17.3 Å². The molecule has 0 heterocycles. The third-order valence-corrected chi connectivity index (χ3v) is 5.26. The summed E-state index contributed by atoms with van der Waals surface area (Å²) in [5.41, 5.74) is 0.533. The van der Waals surface area contributed by atoms with Gasteiger partial charge in [0.05, 0.1) is 6.61 Å². The van der Waals surface area contributed by atoms with E-state index < -0.39 is 0 Å². The Balaban J connectivity index is 2.05. The molecule has 2 heteroatoms. The van der Waals surface area contributed by atoms with Gasteiger partial charge in [-0.3, -0.25) is 0 Å². The minimum atomic E-state index is 0.533. The summed E-state index contributed by atoms with van der Waals surface area (Å²) in [4.78, 5) is 0. The van der Waals surface area contributed by atoms with Crippen molar-refractivity contribution in [2.45, 2.75) is 79.2 Å². The highest BCUT2D eigenvalue weighted by atomic mass is 16.5. The summed E-state index contributed by atoms with van der Waals surface area (Å²) >= 11 is 0. The van der Waals surface area contributed by atoms with Gasteiger partial charge in [-0.25, -0.2) is 0 Å². The molecular formula is C18H37NO. The summed E-state index contributed by atoms with van der Waals surface area (Å²) in [5.74, 6) is 1.67. The Morgan fingerprint density at radius 3 is 2.30 bits per heavy atom. The van der Waals surface area contributed by atoms with E-state index >= 15 is 0 Å². The molecule has 0 bridgehead atoms. The van der Waals surface area contributed by atoms with E-state index in [1.165, 1.54) is 38.5 Å². The van der Waals surface area contributed by atoms with Gasteiger partial charge in [0, 0.05) is 19.2 Å². The summed E-state index contributed by atoms with van der Waals surface area (Å²) in [6.07, 6.45) is 7.97. The molecular weight excluding hydrogens is 246 g/mol. The van der Waals surface area contributed by atoms with Crippen LogP contribution in [0.25, 0.3) is 0 Å². The summed E-state index contributed by atoms with van der Waals surface area (Å²) in [6.45, 7) is 14.5. The minimum absolute atomic E-state index is 0.533. The van der Waals surface area contributed by atoms with E-state index in [1.54, 1.807) is 0 Å². The van der Waals surface area contributed by atoms with Crippen molar-refractivity contribution in [2.24, 2.45) is 17.3 Å². The lowest BCUT2D eigenvalue weighted by Crippen LogP contribution is -2.38. The molecule has 0 saturated heterocycles. The van der Waals surface area contributed by atoms with Crippen LogP contribution in [0.15, 0.2) is 0 Å². The van der Waals surface area contributed by atoms with E-state index in [1.807, 2.05) is 0 Å². The highest BCUT2D eigenvalue weighted by molar-refractivity contribution is 4.84. The Morgan fingerprint density at radius 2 is 1.75 bits per heavy atom. The molecule has 1 N–H and O–H groups in total. The van der Waals surface area contributed by atoms with Crippen LogP contribution in [0.4, 0.5) is 0 Å². The largest absolute Gasteiger partial charge is 0.380 e. The van der Waals surface area contributed by atoms with Crippen molar-refractivity contribution in [3.63, 3.8) is 0 Å². The predicted octanol–water partition coefficient (Wildman–Crippen LogP) is 4.63. The van der Waals surface area contributed by atoms with E-state index in [0.717, 1.165) is 37.6 Å². The van der Waals surface area contributed by atoms with Crippen molar-refractivity contribution in [3.8, 4) is 0 Å². The Hall–Kier alpha value is -0.0800. The molecule has 1 aliphatic carbocycles. The molecule has 0 aromatic carbocycles. The van der Waals surface area contributed by atoms with Gasteiger partial charge >= 0.3 is 0 Å². The molecule has 0 aliphatic heterocycles. The van der Waals surface area contributed by atoms with Gasteiger partial charge in [0.1, 0.15) is 0 Å². The third-order valence-electron chi connectivity index (χ3n) is 5.26. The number of hydrogen-bond donors (Lipinski definition) is 1. The van der Waals surface area contributed by atoms with Crippen molar-refractivity contribution in [2.75, 3.05) is 19.8 Å². The lowest BCUT2D eigenvalue weighted by Gasteiger charge is -2.39. The topological polar surface area (TPSA) is 21.3 Å². The Bertz CT molecular complexity index is 242. The maximum Gasteiger partial charge on any atom is 0.0591 e. The molecule has 1 saturated carbocycles. The fourth-order valence-electron chi connectivity index (χ4n) is 3.12. The molecule has 0 aromatic rings. The number of nitrogens with one attached hydrogen (secondary N) is 1. The average molecular weight is 284 g/mol. The number of ether oxygens (including phenoxy) is 1. The number of hydrogen-bond acceptors (Lipinski definition) is 2. The van der Waals surface area contributed by atoms with Crippen molar-refractivity contribution >= 4 is 0 Å². The average Bonchev–Trinajstić information content (AvgIpc) is 2.43. The van der Waals surface area contributed by atoms with E-state index in [4.69, 9.17) is 4.74 Å². The Labute approximate surface area is 127 Å². The van der Waals surface area contributed by atoms with Crippen molar-refractivity contribution < 1.29 is 4.74 Å². The van der Waals surface area contributed by atoms with Gasteiger partial charge in [0.15, 0.2) is 0 Å². The molecule has 20 heavy (non-hydrogen) atoms. The zero-order chi connectivity index (χ0) is 15.0. The zero-order valence-electron chi connectivity index (χ0n) is 14.5. The van der Waals surface area contributed by atoms with Crippen LogP contribution >= 0.6 is 0 Å². The minimum Gasteiger partial charge on any atom is -0.380 e. The van der Waals surface area contributed by atoms with Gasteiger partial charge in [0.2, 0.25) is 0 Å². The maximum atomic E-state index is 5.67. The smallest absolute Gasteiger partial charge is 0.0591 e. The van der Waals surface area contributed by atoms with Crippen LogP contribution in [-0.4, -0.2) is 25.8 Å². The van der Waals surface area contributed by atoms with E-state index in [-0.39, 0.29) is 0 Å². The van der Waals surface area contributed by atoms with Gasteiger partial charge in [0.25, 0.3) is 0 Å². The molecule has 0 aromatic heterocycles. The fraction of sp³-hybridized carbons (Fsp3) is 1.00. The highest BCUT2D eigenvalue weighted by Crippen LogP contribution is 2.40. The summed E-state index contributed by atoms with van der Waals surface area (Å²) < 4.78 is 5.67. The second-order valence-corrected chi connectivity index (χ2v) is 7.64. The van der Waals surface area contributed by atoms with Gasteiger partial charge in [-0.2, -0.15) is 0 Å². The number of rotatable bonds is 9. The first kappa shape index (κ1) is 18.0.